The molecule has 5 heteroatoms. The molecule has 2 rings (SSSR count). The van der Waals surface area contributed by atoms with E-state index in [1.165, 1.54) is 11.3 Å². The largest absolute Gasteiger partial charge is 0.370 e. The summed E-state index contributed by atoms with van der Waals surface area (Å²) >= 11 is 1.24. The van der Waals surface area contributed by atoms with Gasteiger partial charge in [-0.3, -0.25) is 9.36 Å². The van der Waals surface area contributed by atoms with Crippen LogP contribution in [0.25, 0.3) is 0 Å². The summed E-state index contributed by atoms with van der Waals surface area (Å²) in [7, 11) is 0. The summed E-state index contributed by atoms with van der Waals surface area (Å²) in [5.74, 6) is 0.853. The third kappa shape index (κ3) is 2.74. The van der Waals surface area contributed by atoms with E-state index >= 15 is 0 Å². The number of pyridine rings is 1. The normalized spacial score (nSPS) is 10.5. The first-order valence-corrected chi connectivity index (χ1v) is 6.42. The fourth-order valence-electron chi connectivity index (χ4n) is 1.63. The molecule has 0 bridgehead atoms. The molecule has 2 heterocycles. The minimum absolute atomic E-state index is 0.0873. The maximum absolute atomic E-state index is 11.6. The van der Waals surface area contributed by atoms with E-state index in [9.17, 15) is 4.79 Å². The van der Waals surface area contributed by atoms with E-state index < -0.39 is 0 Å². The number of aryl methyl sites for hydroxylation is 1. The van der Waals surface area contributed by atoms with Crippen LogP contribution in [0.1, 0.15) is 18.2 Å². The van der Waals surface area contributed by atoms with Crippen molar-refractivity contribution in [1.82, 2.24) is 9.55 Å². The first kappa shape index (κ1) is 11.9. The molecule has 90 valence electrons. The van der Waals surface area contributed by atoms with E-state index in [1.807, 2.05) is 31.4 Å². The van der Waals surface area contributed by atoms with Gasteiger partial charge in [-0.05, 0) is 31.5 Å². The van der Waals surface area contributed by atoms with Crippen LogP contribution < -0.4 is 10.2 Å². The van der Waals surface area contributed by atoms with Gasteiger partial charge in [0.25, 0.3) is 0 Å². The van der Waals surface area contributed by atoms with Crippen molar-refractivity contribution in [2.75, 3.05) is 11.9 Å². The molecule has 0 amide bonds. The maximum atomic E-state index is 11.6. The molecule has 0 atom stereocenters. The van der Waals surface area contributed by atoms with Crippen LogP contribution in [0, 0.1) is 6.92 Å². The molecule has 0 radical (unpaired) electrons. The zero-order chi connectivity index (χ0) is 12.3. The monoisotopic (exact) mass is 249 g/mol. The number of thiazole rings is 1. The molecule has 0 fully saturated rings. The Balaban J connectivity index is 2.24. The molecule has 17 heavy (non-hydrogen) atoms. The first-order valence-electron chi connectivity index (χ1n) is 5.54. The molecule has 0 spiro atoms. The van der Waals surface area contributed by atoms with E-state index in [0.29, 0.717) is 6.54 Å². The predicted octanol–water partition coefficient (Wildman–Crippen LogP) is 2.09. The van der Waals surface area contributed by atoms with E-state index in [1.54, 1.807) is 10.8 Å². The second-order valence-electron chi connectivity index (χ2n) is 3.81. The van der Waals surface area contributed by atoms with E-state index in [0.717, 1.165) is 23.6 Å². The van der Waals surface area contributed by atoms with Gasteiger partial charge in [0.05, 0.1) is 6.54 Å². The molecular weight excluding hydrogens is 234 g/mol. The zero-order valence-corrected chi connectivity index (χ0v) is 10.8. The lowest BCUT2D eigenvalue weighted by molar-refractivity contribution is 0.754. The topological polar surface area (TPSA) is 46.9 Å². The number of nitrogens with one attached hydrogen (secondary N) is 1. The van der Waals surface area contributed by atoms with Crippen LogP contribution in [-0.4, -0.2) is 16.1 Å². The van der Waals surface area contributed by atoms with E-state index in [-0.39, 0.29) is 4.87 Å². The van der Waals surface area contributed by atoms with Crippen LogP contribution in [0.5, 0.6) is 0 Å². The van der Waals surface area contributed by atoms with Gasteiger partial charge in [0.15, 0.2) is 0 Å². The average molecular weight is 249 g/mol. The minimum atomic E-state index is 0.0873. The highest BCUT2D eigenvalue weighted by Crippen LogP contribution is 2.09. The second-order valence-corrected chi connectivity index (χ2v) is 4.63. The van der Waals surface area contributed by atoms with Crippen LogP contribution in [-0.2, 0) is 6.54 Å². The summed E-state index contributed by atoms with van der Waals surface area (Å²) in [5.41, 5.74) is 2.08. The molecule has 4 nitrogen and oxygen atoms in total. The fraction of sp³-hybridized carbons (Fsp3) is 0.333. The third-order valence-electron chi connectivity index (χ3n) is 2.50. The Bertz CT molecular complexity index is 559. The SMILES string of the molecule is CCNc1cc(Cn2c(C)csc2=O)ccn1. The maximum Gasteiger partial charge on any atom is 0.307 e. The Morgan fingerprint density at radius 3 is 3.00 bits per heavy atom. The Hall–Kier alpha value is -1.62. The molecule has 0 saturated heterocycles. The molecule has 2 aromatic heterocycles. The highest BCUT2D eigenvalue weighted by Gasteiger charge is 2.04. The summed E-state index contributed by atoms with van der Waals surface area (Å²) in [6, 6.07) is 3.91. The zero-order valence-electron chi connectivity index (χ0n) is 9.93. The number of rotatable bonds is 4. The van der Waals surface area contributed by atoms with Gasteiger partial charge in [0.2, 0.25) is 0 Å². The van der Waals surface area contributed by atoms with Crippen molar-refractivity contribution >= 4 is 17.2 Å². The van der Waals surface area contributed by atoms with Gasteiger partial charge >= 0.3 is 4.87 Å². The molecule has 0 aliphatic heterocycles. The van der Waals surface area contributed by atoms with Crippen LogP contribution in [0.15, 0.2) is 28.5 Å². The van der Waals surface area contributed by atoms with Crippen LogP contribution >= 0.6 is 11.3 Å². The lowest BCUT2D eigenvalue weighted by atomic mass is 10.2. The Morgan fingerprint density at radius 1 is 1.53 bits per heavy atom. The summed E-state index contributed by atoms with van der Waals surface area (Å²) in [5, 5.41) is 5.04. The molecule has 0 aromatic carbocycles. The lowest BCUT2D eigenvalue weighted by Crippen LogP contribution is -2.15. The van der Waals surface area contributed by atoms with Gasteiger partial charge in [-0.1, -0.05) is 11.3 Å². The van der Waals surface area contributed by atoms with Crippen molar-refractivity contribution in [2.45, 2.75) is 20.4 Å². The van der Waals surface area contributed by atoms with Crippen molar-refractivity contribution in [1.29, 1.82) is 0 Å². The average Bonchev–Trinajstić information content (AvgIpc) is 2.62. The van der Waals surface area contributed by atoms with Crippen LogP contribution in [0.2, 0.25) is 0 Å². The number of hydrogen-bond acceptors (Lipinski definition) is 4. The summed E-state index contributed by atoms with van der Waals surface area (Å²) in [6.45, 7) is 5.43. The van der Waals surface area contributed by atoms with Crippen molar-refractivity contribution < 1.29 is 0 Å². The Labute approximate surface area is 104 Å². The van der Waals surface area contributed by atoms with Crippen molar-refractivity contribution in [3.05, 3.63) is 44.6 Å². The molecule has 1 N–H and O–H groups in total. The van der Waals surface area contributed by atoms with Gasteiger partial charge < -0.3 is 5.32 Å². The number of hydrogen-bond donors (Lipinski definition) is 1. The van der Waals surface area contributed by atoms with Crippen molar-refractivity contribution in [3.8, 4) is 0 Å². The van der Waals surface area contributed by atoms with Crippen LogP contribution in [0.3, 0.4) is 0 Å². The molecule has 0 saturated carbocycles. The lowest BCUT2D eigenvalue weighted by Gasteiger charge is -2.07. The highest BCUT2D eigenvalue weighted by molar-refractivity contribution is 7.07. The molecule has 0 aliphatic carbocycles. The number of anilines is 1. The van der Waals surface area contributed by atoms with Gasteiger partial charge in [-0.15, -0.1) is 0 Å². The van der Waals surface area contributed by atoms with Gasteiger partial charge in [-0.25, -0.2) is 4.98 Å². The molecule has 0 aliphatic rings. The quantitative estimate of drug-likeness (QED) is 0.902. The van der Waals surface area contributed by atoms with Crippen molar-refractivity contribution in [2.24, 2.45) is 0 Å². The molecular formula is C12H15N3OS. The first-order chi connectivity index (χ1) is 8.20. The number of aromatic nitrogens is 2. The summed E-state index contributed by atoms with van der Waals surface area (Å²) < 4.78 is 1.77. The molecule has 2 aromatic rings. The Kier molecular flexibility index (Phi) is 3.58. The highest BCUT2D eigenvalue weighted by atomic mass is 32.1. The van der Waals surface area contributed by atoms with Crippen LogP contribution in [0.4, 0.5) is 5.82 Å². The van der Waals surface area contributed by atoms with Gasteiger partial charge in [0, 0.05) is 23.8 Å². The Morgan fingerprint density at radius 2 is 2.35 bits per heavy atom. The third-order valence-corrected chi connectivity index (χ3v) is 3.38. The minimum Gasteiger partial charge on any atom is -0.370 e. The predicted molar refractivity (Wildman–Crippen MR) is 70.8 cm³/mol. The second kappa shape index (κ2) is 5.14. The number of nitrogens with zero attached hydrogens (tertiary/aromatic N) is 2. The van der Waals surface area contributed by atoms with Crippen molar-refractivity contribution in [3.63, 3.8) is 0 Å². The van der Waals surface area contributed by atoms with E-state index in [2.05, 4.69) is 10.3 Å². The van der Waals surface area contributed by atoms with Gasteiger partial charge in [0.1, 0.15) is 5.82 Å². The smallest absolute Gasteiger partial charge is 0.307 e. The summed E-state index contributed by atoms with van der Waals surface area (Å²) in [4.78, 5) is 15.9. The van der Waals surface area contributed by atoms with E-state index in [4.69, 9.17) is 0 Å². The standard InChI is InChI=1S/C12H15N3OS/c1-3-13-11-6-10(4-5-14-11)7-15-9(2)8-17-12(15)16/h4-6,8H,3,7H2,1-2H3,(H,13,14). The summed E-state index contributed by atoms with van der Waals surface area (Å²) in [6.07, 6.45) is 1.76. The van der Waals surface area contributed by atoms with Gasteiger partial charge in [-0.2, -0.15) is 0 Å². The fourth-order valence-corrected chi connectivity index (χ4v) is 2.36. The molecule has 0 unspecified atom stereocenters.